The van der Waals surface area contributed by atoms with Gasteiger partial charge in [-0.1, -0.05) is 45.3 Å². The van der Waals surface area contributed by atoms with E-state index in [1.54, 1.807) is 0 Å². The molecule has 0 aliphatic carbocycles. The quantitative estimate of drug-likeness (QED) is 0.520. The van der Waals surface area contributed by atoms with Crippen LogP contribution in [0.25, 0.3) is 0 Å². The van der Waals surface area contributed by atoms with E-state index in [-0.39, 0.29) is 5.91 Å². The minimum absolute atomic E-state index is 0.0718. The first-order valence-corrected chi connectivity index (χ1v) is 9.85. The molecule has 3 nitrogen and oxygen atoms in total. The van der Waals surface area contributed by atoms with Gasteiger partial charge in [0.05, 0.1) is 6.42 Å². The Morgan fingerprint density at radius 3 is 2.52 bits per heavy atom. The Kier molecular flexibility index (Phi) is 10.0. The summed E-state index contributed by atoms with van der Waals surface area (Å²) < 4.78 is 0. The Morgan fingerprint density at radius 2 is 1.86 bits per heavy atom. The lowest BCUT2D eigenvalue weighted by molar-refractivity contribution is -0.120. The highest BCUT2D eigenvalue weighted by Gasteiger charge is 2.02. The summed E-state index contributed by atoms with van der Waals surface area (Å²) in [5, 5.41) is 3.65. The van der Waals surface area contributed by atoms with Gasteiger partial charge >= 0.3 is 0 Å². The predicted molar refractivity (Wildman–Crippen MR) is 96.3 cm³/mol. The highest BCUT2D eigenvalue weighted by molar-refractivity contribution is 8.76. The summed E-state index contributed by atoms with van der Waals surface area (Å²) in [6.45, 7) is 1.85. The molecule has 1 rings (SSSR count). The normalized spacial score (nSPS) is 10.9. The van der Waals surface area contributed by atoms with Gasteiger partial charge < -0.3 is 10.2 Å². The molecule has 0 fully saturated rings. The minimum Gasteiger partial charge on any atom is -0.356 e. The van der Waals surface area contributed by atoms with Crippen molar-refractivity contribution in [2.45, 2.75) is 12.8 Å². The third-order valence-corrected chi connectivity index (χ3v) is 5.43. The van der Waals surface area contributed by atoms with Crippen molar-refractivity contribution in [3.05, 3.63) is 34.9 Å². The van der Waals surface area contributed by atoms with Gasteiger partial charge in [0.1, 0.15) is 0 Å². The van der Waals surface area contributed by atoms with Crippen LogP contribution in [0.1, 0.15) is 12.0 Å². The van der Waals surface area contributed by atoms with Gasteiger partial charge in [-0.15, -0.1) is 0 Å². The maximum absolute atomic E-state index is 11.7. The first-order valence-electron chi connectivity index (χ1n) is 6.98. The van der Waals surface area contributed by atoms with Crippen molar-refractivity contribution in [3.63, 3.8) is 0 Å². The van der Waals surface area contributed by atoms with Crippen LogP contribution in [-0.2, 0) is 11.2 Å². The number of hydrogen-bond acceptors (Lipinski definition) is 4. The molecule has 0 aliphatic rings. The summed E-state index contributed by atoms with van der Waals surface area (Å²) >= 11 is 5.81. The van der Waals surface area contributed by atoms with E-state index in [2.05, 4.69) is 24.3 Å². The smallest absolute Gasteiger partial charge is 0.224 e. The highest BCUT2D eigenvalue weighted by atomic mass is 35.5. The molecular weight excluding hydrogens is 324 g/mol. The van der Waals surface area contributed by atoms with Gasteiger partial charge in [-0.25, -0.2) is 0 Å². The Bertz CT molecular complexity index is 413. The molecule has 1 aromatic carbocycles. The summed E-state index contributed by atoms with van der Waals surface area (Å²) in [5.41, 5.74) is 0.991. The molecule has 0 heterocycles. The fourth-order valence-corrected chi connectivity index (χ4v) is 3.89. The highest BCUT2D eigenvalue weighted by Crippen LogP contribution is 2.21. The van der Waals surface area contributed by atoms with Gasteiger partial charge in [-0.3, -0.25) is 4.79 Å². The van der Waals surface area contributed by atoms with Crippen LogP contribution in [0.15, 0.2) is 24.3 Å². The SMILES string of the molecule is CN(C)CCSSCCCNC(=O)Cc1ccc(Cl)cc1. The first kappa shape index (κ1) is 18.7. The molecule has 6 heteroatoms. The molecular formula is C15H23ClN2OS2. The van der Waals surface area contributed by atoms with Crippen molar-refractivity contribution < 1.29 is 4.79 Å². The molecule has 0 unspecified atom stereocenters. The molecule has 21 heavy (non-hydrogen) atoms. The molecule has 0 saturated heterocycles. The summed E-state index contributed by atoms with van der Waals surface area (Å²) in [4.78, 5) is 13.9. The number of halogens is 1. The molecule has 0 aliphatic heterocycles. The molecule has 0 bridgehead atoms. The summed E-state index contributed by atoms with van der Waals surface area (Å²) in [6.07, 6.45) is 1.42. The number of nitrogens with one attached hydrogen (secondary N) is 1. The monoisotopic (exact) mass is 346 g/mol. The van der Waals surface area contributed by atoms with Crippen molar-refractivity contribution >= 4 is 39.1 Å². The number of amides is 1. The van der Waals surface area contributed by atoms with E-state index >= 15 is 0 Å². The molecule has 0 saturated carbocycles. The van der Waals surface area contributed by atoms with Crippen LogP contribution in [0.3, 0.4) is 0 Å². The second kappa shape index (κ2) is 11.2. The summed E-state index contributed by atoms with van der Waals surface area (Å²) in [5.74, 6) is 2.28. The Hall–Kier alpha value is -0.360. The number of hydrogen-bond donors (Lipinski definition) is 1. The fraction of sp³-hybridized carbons (Fsp3) is 0.533. The van der Waals surface area contributed by atoms with Crippen LogP contribution in [-0.4, -0.2) is 49.5 Å². The van der Waals surface area contributed by atoms with Gasteiger partial charge in [-0.2, -0.15) is 0 Å². The van der Waals surface area contributed by atoms with E-state index in [9.17, 15) is 4.79 Å². The molecule has 0 atom stereocenters. The lowest BCUT2D eigenvalue weighted by Gasteiger charge is -2.08. The van der Waals surface area contributed by atoms with Crippen LogP contribution in [0, 0.1) is 0 Å². The van der Waals surface area contributed by atoms with Crippen molar-refractivity contribution in [3.8, 4) is 0 Å². The molecule has 0 aromatic heterocycles. The number of rotatable bonds is 10. The first-order chi connectivity index (χ1) is 10.1. The number of benzene rings is 1. The largest absolute Gasteiger partial charge is 0.356 e. The predicted octanol–water partition coefficient (Wildman–Crippen LogP) is 3.33. The van der Waals surface area contributed by atoms with Crippen molar-refractivity contribution in [2.75, 3.05) is 38.7 Å². The third kappa shape index (κ3) is 10.1. The summed E-state index contributed by atoms with van der Waals surface area (Å²) in [6, 6.07) is 7.40. The molecule has 1 N–H and O–H groups in total. The Labute approximate surface area is 140 Å². The maximum Gasteiger partial charge on any atom is 0.224 e. The van der Waals surface area contributed by atoms with E-state index in [0.29, 0.717) is 11.4 Å². The standard InChI is InChI=1S/C15H23ClN2OS2/c1-18(2)9-11-21-20-10-3-8-17-15(19)12-13-4-6-14(16)7-5-13/h4-7H,3,8-12H2,1-2H3,(H,17,19). The van der Waals surface area contributed by atoms with Gasteiger partial charge in [0.2, 0.25) is 5.91 Å². The second-order valence-corrected chi connectivity index (χ2v) is 8.09. The van der Waals surface area contributed by atoms with Crippen LogP contribution in [0.5, 0.6) is 0 Å². The van der Waals surface area contributed by atoms with E-state index in [1.807, 2.05) is 45.9 Å². The molecule has 0 spiro atoms. The van der Waals surface area contributed by atoms with Crippen molar-refractivity contribution in [1.82, 2.24) is 10.2 Å². The molecule has 118 valence electrons. The lowest BCUT2D eigenvalue weighted by Crippen LogP contribution is -2.26. The zero-order chi connectivity index (χ0) is 15.5. The zero-order valence-electron chi connectivity index (χ0n) is 12.6. The topological polar surface area (TPSA) is 32.3 Å². The van der Waals surface area contributed by atoms with Gasteiger partial charge in [0, 0.05) is 29.6 Å². The molecule has 1 amide bonds. The van der Waals surface area contributed by atoms with E-state index in [4.69, 9.17) is 11.6 Å². The van der Waals surface area contributed by atoms with Gasteiger partial charge in [-0.05, 0) is 38.2 Å². The van der Waals surface area contributed by atoms with E-state index < -0.39 is 0 Å². The van der Waals surface area contributed by atoms with E-state index in [1.165, 1.54) is 0 Å². The van der Waals surface area contributed by atoms with Crippen molar-refractivity contribution in [1.29, 1.82) is 0 Å². The van der Waals surface area contributed by atoms with Crippen molar-refractivity contribution in [2.24, 2.45) is 0 Å². The molecule has 0 radical (unpaired) electrons. The maximum atomic E-state index is 11.7. The minimum atomic E-state index is 0.0718. The average Bonchev–Trinajstić information content (AvgIpc) is 2.44. The average molecular weight is 347 g/mol. The lowest BCUT2D eigenvalue weighted by atomic mass is 10.1. The second-order valence-electron chi connectivity index (χ2n) is 4.95. The third-order valence-electron chi connectivity index (χ3n) is 2.71. The van der Waals surface area contributed by atoms with E-state index in [0.717, 1.165) is 36.6 Å². The van der Waals surface area contributed by atoms with Crippen LogP contribution in [0.2, 0.25) is 5.02 Å². The molecule has 1 aromatic rings. The fourth-order valence-electron chi connectivity index (χ4n) is 1.55. The Morgan fingerprint density at radius 1 is 1.19 bits per heavy atom. The van der Waals surface area contributed by atoms with Gasteiger partial charge in [0.15, 0.2) is 0 Å². The van der Waals surface area contributed by atoms with Crippen LogP contribution >= 0.6 is 33.2 Å². The zero-order valence-corrected chi connectivity index (χ0v) is 15.0. The Balaban J connectivity index is 2.00. The number of carbonyl (C=O) groups excluding carboxylic acids is 1. The van der Waals surface area contributed by atoms with Crippen LogP contribution < -0.4 is 5.32 Å². The number of carbonyl (C=O) groups is 1. The number of nitrogens with zero attached hydrogens (tertiary/aromatic N) is 1. The van der Waals surface area contributed by atoms with Gasteiger partial charge in [0.25, 0.3) is 0 Å². The summed E-state index contributed by atoms with van der Waals surface area (Å²) in [7, 11) is 7.94. The van der Waals surface area contributed by atoms with Crippen LogP contribution in [0.4, 0.5) is 0 Å².